The molecule has 1 aliphatic heterocycles. The first-order chi connectivity index (χ1) is 16.2. The van der Waals surface area contributed by atoms with Crippen molar-refractivity contribution in [1.82, 2.24) is 10.2 Å². The molecule has 1 atom stereocenters. The predicted octanol–water partition coefficient (Wildman–Crippen LogP) is 3.17. The van der Waals surface area contributed by atoms with Gasteiger partial charge in [0.05, 0.1) is 11.9 Å². The molecule has 2 aromatic rings. The second kappa shape index (κ2) is 10.3. The first-order valence-corrected chi connectivity index (χ1v) is 13.2. The highest BCUT2D eigenvalue weighted by atomic mass is 35.5. The van der Waals surface area contributed by atoms with Crippen molar-refractivity contribution in [3.8, 4) is 11.5 Å². The lowest BCUT2D eigenvalue weighted by Crippen LogP contribution is -2.54. The number of halogens is 1. The SMILES string of the molecule is C[C@@H](C(=O)NC(C)(C)C)N(Cc1cccc(Cl)c1)C(=O)CN(c1ccc2c(c1)OCO2)S(C)(=O)=O. The number of hydrogen-bond donors (Lipinski definition) is 1. The normalized spacial score (nSPS) is 13.8. The minimum atomic E-state index is -3.85. The molecule has 0 saturated heterocycles. The van der Waals surface area contributed by atoms with E-state index in [1.165, 1.54) is 11.0 Å². The molecule has 0 aromatic heterocycles. The Labute approximate surface area is 211 Å². The average Bonchev–Trinajstić information content (AvgIpc) is 3.21. The number of amides is 2. The molecule has 0 aliphatic carbocycles. The molecule has 190 valence electrons. The summed E-state index contributed by atoms with van der Waals surface area (Å²) in [6.45, 7) is 6.71. The summed E-state index contributed by atoms with van der Waals surface area (Å²) in [6, 6.07) is 10.7. The Morgan fingerprint density at radius 1 is 1.11 bits per heavy atom. The van der Waals surface area contributed by atoms with E-state index < -0.39 is 34.1 Å². The van der Waals surface area contributed by atoms with E-state index >= 15 is 0 Å². The van der Waals surface area contributed by atoms with E-state index in [-0.39, 0.29) is 24.9 Å². The number of rotatable bonds is 8. The van der Waals surface area contributed by atoms with Crippen LogP contribution in [0.4, 0.5) is 5.69 Å². The molecule has 0 spiro atoms. The van der Waals surface area contributed by atoms with Gasteiger partial charge in [-0.25, -0.2) is 8.42 Å². The molecule has 1 aliphatic rings. The Balaban J connectivity index is 1.92. The van der Waals surface area contributed by atoms with Crippen molar-refractivity contribution < 1.29 is 27.5 Å². The fourth-order valence-corrected chi connectivity index (χ4v) is 4.60. The Kier molecular flexibility index (Phi) is 7.86. The molecule has 1 N–H and O–H groups in total. The summed E-state index contributed by atoms with van der Waals surface area (Å²) in [6.07, 6.45) is 1.02. The van der Waals surface area contributed by atoms with Gasteiger partial charge in [-0.05, 0) is 57.5 Å². The second-order valence-corrected chi connectivity index (χ2v) is 11.7. The predicted molar refractivity (Wildman–Crippen MR) is 134 cm³/mol. The number of carbonyl (C=O) groups excluding carboxylic acids is 2. The number of fused-ring (bicyclic) bond motifs is 1. The molecule has 1 heterocycles. The van der Waals surface area contributed by atoms with Crippen LogP contribution in [0.5, 0.6) is 11.5 Å². The summed E-state index contributed by atoms with van der Waals surface area (Å²) in [4.78, 5) is 27.9. The summed E-state index contributed by atoms with van der Waals surface area (Å²) in [5, 5.41) is 3.36. The molecule has 2 amide bonds. The van der Waals surface area contributed by atoms with Crippen molar-refractivity contribution in [1.29, 1.82) is 0 Å². The molecule has 35 heavy (non-hydrogen) atoms. The van der Waals surface area contributed by atoms with E-state index in [2.05, 4.69) is 5.32 Å². The van der Waals surface area contributed by atoms with Crippen molar-refractivity contribution in [2.24, 2.45) is 0 Å². The second-order valence-electron chi connectivity index (χ2n) is 9.37. The van der Waals surface area contributed by atoms with Gasteiger partial charge in [-0.2, -0.15) is 0 Å². The first-order valence-electron chi connectivity index (χ1n) is 11.0. The first kappa shape index (κ1) is 26.6. The van der Waals surface area contributed by atoms with Gasteiger partial charge in [0, 0.05) is 23.2 Å². The number of benzene rings is 2. The largest absolute Gasteiger partial charge is 0.454 e. The van der Waals surface area contributed by atoms with Crippen molar-refractivity contribution in [3.63, 3.8) is 0 Å². The number of hydrogen-bond acceptors (Lipinski definition) is 6. The molecule has 0 fully saturated rings. The van der Waals surface area contributed by atoms with Crippen LogP contribution < -0.4 is 19.1 Å². The Bertz CT molecular complexity index is 1210. The standard InChI is InChI=1S/C24H30ClN3O6S/c1-16(23(30)26-24(2,3)4)27(13-17-7-6-8-18(25)11-17)22(29)14-28(35(5,31)32)19-9-10-20-21(12-19)34-15-33-20/h6-12,16H,13-15H2,1-5H3,(H,26,30)/t16-/m0/s1. The highest BCUT2D eigenvalue weighted by Gasteiger charge is 2.32. The van der Waals surface area contributed by atoms with Crippen molar-refractivity contribution >= 4 is 39.1 Å². The molecule has 11 heteroatoms. The van der Waals surface area contributed by atoms with E-state index in [0.29, 0.717) is 22.1 Å². The Morgan fingerprint density at radius 3 is 2.43 bits per heavy atom. The van der Waals surface area contributed by atoms with Crippen LogP contribution in [0.15, 0.2) is 42.5 Å². The van der Waals surface area contributed by atoms with Gasteiger partial charge in [0.25, 0.3) is 0 Å². The number of anilines is 1. The van der Waals surface area contributed by atoms with E-state index in [0.717, 1.165) is 10.6 Å². The zero-order valence-corrected chi connectivity index (χ0v) is 21.9. The third-order valence-corrected chi connectivity index (χ3v) is 6.61. The Hall–Kier alpha value is -2.98. The minimum Gasteiger partial charge on any atom is -0.454 e. The molecule has 3 rings (SSSR count). The molecule has 0 bridgehead atoms. The molecule has 9 nitrogen and oxygen atoms in total. The summed E-state index contributed by atoms with van der Waals surface area (Å²) >= 11 is 6.12. The van der Waals surface area contributed by atoms with Crippen LogP contribution >= 0.6 is 11.6 Å². The monoisotopic (exact) mass is 523 g/mol. The van der Waals surface area contributed by atoms with Gasteiger partial charge >= 0.3 is 0 Å². The van der Waals surface area contributed by atoms with Crippen LogP contribution in [0.3, 0.4) is 0 Å². The molecular formula is C24H30ClN3O6S. The highest BCUT2D eigenvalue weighted by molar-refractivity contribution is 7.92. The number of sulfonamides is 1. The topological polar surface area (TPSA) is 105 Å². The van der Waals surface area contributed by atoms with Gasteiger partial charge in [-0.1, -0.05) is 23.7 Å². The number of nitrogens with one attached hydrogen (secondary N) is 1. The summed E-state index contributed by atoms with van der Waals surface area (Å²) < 4.78 is 37.0. The minimum absolute atomic E-state index is 0.0322. The van der Waals surface area contributed by atoms with Crippen molar-refractivity contribution in [3.05, 3.63) is 53.1 Å². The van der Waals surface area contributed by atoms with Crippen LogP contribution in [0.25, 0.3) is 0 Å². The third-order valence-electron chi connectivity index (χ3n) is 5.23. The highest BCUT2D eigenvalue weighted by Crippen LogP contribution is 2.36. The number of ether oxygens (including phenoxy) is 2. The van der Waals surface area contributed by atoms with Crippen LogP contribution in [-0.2, 0) is 26.2 Å². The quantitative estimate of drug-likeness (QED) is 0.570. The third kappa shape index (κ3) is 7.02. The van der Waals surface area contributed by atoms with Gasteiger partial charge in [-0.3, -0.25) is 13.9 Å². The zero-order valence-electron chi connectivity index (χ0n) is 20.4. The van der Waals surface area contributed by atoms with Crippen molar-refractivity contribution in [2.45, 2.75) is 45.8 Å². The van der Waals surface area contributed by atoms with Gasteiger partial charge in [-0.15, -0.1) is 0 Å². The van der Waals surface area contributed by atoms with Crippen molar-refractivity contribution in [2.75, 3.05) is 23.9 Å². The average molecular weight is 524 g/mol. The van der Waals surface area contributed by atoms with E-state index in [1.54, 1.807) is 43.3 Å². The maximum atomic E-state index is 13.6. The molecule has 2 aromatic carbocycles. The van der Waals surface area contributed by atoms with Gasteiger partial charge < -0.3 is 19.7 Å². The molecule has 0 radical (unpaired) electrons. The van der Waals surface area contributed by atoms with Crippen LogP contribution in [-0.4, -0.2) is 56.3 Å². The summed E-state index contributed by atoms with van der Waals surface area (Å²) in [7, 11) is -3.85. The Morgan fingerprint density at radius 2 is 1.80 bits per heavy atom. The lowest BCUT2D eigenvalue weighted by Gasteiger charge is -2.33. The molecule has 0 saturated carbocycles. The van der Waals surface area contributed by atoms with Crippen LogP contribution in [0.1, 0.15) is 33.3 Å². The van der Waals surface area contributed by atoms with E-state index in [4.69, 9.17) is 21.1 Å². The fourth-order valence-electron chi connectivity index (χ4n) is 3.54. The molecular weight excluding hydrogens is 494 g/mol. The lowest BCUT2D eigenvalue weighted by molar-refractivity contribution is -0.140. The maximum Gasteiger partial charge on any atom is 0.244 e. The summed E-state index contributed by atoms with van der Waals surface area (Å²) in [5.74, 6) is -0.0348. The zero-order chi connectivity index (χ0) is 26.0. The summed E-state index contributed by atoms with van der Waals surface area (Å²) in [5.41, 5.74) is 0.441. The van der Waals surface area contributed by atoms with E-state index in [9.17, 15) is 18.0 Å². The van der Waals surface area contributed by atoms with E-state index in [1.807, 2.05) is 20.8 Å². The lowest BCUT2D eigenvalue weighted by atomic mass is 10.1. The van der Waals surface area contributed by atoms with Gasteiger partial charge in [0.2, 0.25) is 28.6 Å². The maximum absolute atomic E-state index is 13.6. The smallest absolute Gasteiger partial charge is 0.244 e. The van der Waals surface area contributed by atoms with Gasteiger partial charge in [0.1, 0.15) is 12.6 Å². The molecule has 0 unspecified atom stereocenters. The van der Waals surface area contributed by atoms with Gasteiger partial charge in [0.15, 0.2) is 11.5 Å². The number of carbonyl (C=O) groups is 2. The van der Waals surface area contributed by atoms with Crippen LogP contribution in [0.2, 0.25) is 5.02 Å². The number of nitrogens with zero attached hydrogens (tertiary/aromatic N) is 2. The van der Waals surface area contributed by atoms with Crippen LogP contribution in [0, 0.1) is 0 Å². The fraction of sp³-hybridized carbons (Fsp3) is 0.417.